The van der Waals surface area contributed by atoms with Crippen LogP contribution in [-0.2, 0) is 14.4 Å². The van der Waals surface area contributed by atoms with Crippen molar-refractivity contribution in [1.29, 1.82) is 0 Å². The van der Waals surface area contributed by atoms with Crippen LogP contribution in [0, 0.1) is 0 Å². The van der Waals surface area contributed by atoms with E-state index >= 15 is 0 Å². The average Bonchev–Trinajstić information content (AvgIpc) is 2.55. The van der Waals surface area contributed by atoms with E-state index in [0.717, 1.165) is 0 Å². The lowest BCUT2D eigenvalue weighted by atomic mass is 9.96. The van der Waals surface area contributed by atoms with Crippen molar-refractivity contribution in [2.45, 2.75) is 18.4 Å². The van der Waals surface area contributed by atoms with E-state index in [1.807, 2.05) is 0 Å². The number of aliphatic hydroxyl groups excluding tert-OH is 1. The molecule has 1 aliphatic heterocycles. The summed E-state index contributed by atoms with van der Waals surface area (Å²) >= 11 is 0. The summed E-state index contributed by atoms with van der Waals surface area (Å²) in [5, 5.41) is 45.4. The molecular weight excluding hydrogens is 286 g/mol. The molecule has 116 valence electrons. The molecule has 6 N–H and O–H groups in total. The highest BCUT2D eigenvalue weighted by atomic mass is 16.4. The van der Waals surface area contributed by atoms with E-state index in [9.17, 15) is 14.4 Å². The van der Waals surface area contributed by atoms with Gasteiger partial charge in [0.15, 0.2) is 5.60 Å². The first kappa shape index (κ1) is 18.2. The van der Waals surface area contributed by atoms with Gasteiger partial charge in [-0.3, -0.25) is 9.59 Å². The lowest BCUT2D eigenvalue weighted by Gasteiger charge is -2.18. The molecule has 9 heteroatoms. The number of carboxylic acids is 3. The van der Waals surface area contributed by atoms with E-state index in [4.69, 9.17) is 25.5 Å². The minimum atomic E-state index is -2.74. The lowest BCUT2D eigenvalue weighted by molar-refractivity contribution is -0.170. The van der Waals surface area contributed by atoms with Gasteiger partial charge < -0.3 is 30.8 Å². The van der Waals surface area contributed by atoms with Crippen LogP contribution in [0.25, 0.3) is 0 Å². The number of hydrogen-bond donors (Lipinski definition) is 6. The second kappa shape index (κ2) is 8.38. The molecule has 0 bridgehead atoms. The monoisotopic (exact) mass is 301 g/mol. The van der Waals surface area contributed by atoms with Crippen LogP contribution in [-0.4, -0.2) is 49.0 Å². The first-order chi connectivity index (χ1) is 9.67. The van der Waals surface area contributed by atoms with Crippen molar-refractivity contribution in [3.63, 3.8) is 0 Å². The third-order valence-electron chi connectivity index (χ3n) is 2.10. The highest BCUT2D eigenvalue weighted by Gasteiger charge is 2.40. The molecule has 0 atom stereocenters. The minimum absolute atomic E-state index is 0.270. The fourth-order valence-electron chi connectivity index (χ4n) is 1.16. The Bertz CT molecular complexity index is 475. The van der Waals surface area contributed by atoms with Gasteiger partial charge in [0.1, 0.15) is 5.76 Å². The van der Waals surface area contributed by atoms with Gasteiger partial charge in [0.25, 0.3) is 0 Å². The Morgan fingerprint density at radius 3 is 2.00 bits per heavy atom. The largest absolute Gasteiger partial charge is 0.508 e. The van der Waals surface area contributed by atoms with E-state index in [-0.39, 0.29) is 5.76 Å². The average molecular weight is 301 g/mol. The molecule has 0 spiro atoms. The summed E-state index contributed by atoms with van der Waals surface area (Å²) in [6.07, 6.45) is 6.03. The van der Waals surface area contributed by atoms with Gasteiger partial charge in [0.05, 0.1) is 12.8 Å². The summed E-state index contributed by atoms with van der Waals surface area (Å²) in [6.45, 7) is 0. The number of aliphatic carboxylic acids is 3. The molecular formula is C12H15NO8. The second-order valence-electron chi connectivity index (χ2n) is 3.93. The number of hydrogen-bond acceptors (Lipinski definition) is 6. The number of carboxylic acid groups (broad SMARTS) is 3. The fraction of sp³-hybridized carbons (Fsp3) is 0.250. The third-order valence-corrected chi connectivity index (χ3v) is 2.10. The predicted molar refractivity (Wildman–Crippen MR) is 69.2 cm³/mol. The Hall–Kier alpha value is -2.81. The summed E-state index contributed by atoms with van der Waals surface area (Å²) in [5.74, 6) is -4.75. The van der Waals surface area contributed by atoms with Gasteiger partial charge in [-0.25, -0.2) is 4.79 Å². The van der Waals surface area contributed by atoms with Crippen LogP contribution >= 0.6 is 0 Å². The molecule has 1 heterocycles. The molecule has 0 saturated heterocycles. The van der Waals surface area contributed by atoms with Crippen molar-refractivity contribution < 1.29 is 39.9 Å². The maximum absolute atomic E-state index is 10.3. The molecule has 0 radical (unpaired) electrons. The molecule has 0 aliphatic carbocycles. The first-order valence-electron chi connectivity index (χ1n) is 5.55. The summed E-state index contributed by atoms with van der Waals surface area (Å²) in [4.78, 5) is 30.5. The Kier molecular flexibility index (Phi) is 7.26. The van der Waals surface area contributed by atoms with E-state index in [0.29, 0.717) is 0 Å². The Labute approximate surface area is 119 Å². The van der Waals surface area contributed by atoms with Crippen LogP contribution in [0.15, 0.2) is 36.4 Å². The van der Waals surface area contributed by atoms with Crippen LogP contribution in [0.1, 0.15) is 12.8 Å². The van der Waals surface area contributed by atoms with Crippen molar-refractivity contribution >= 4 is 17.9 Å². The number of carbonyl (C=O) groups is 3. The molecule has 1 aliphatic rings. The molecule has 0 aromatic heterocycles. The number of rotatable bonds is 5. The molecule has 1 rings (SSSR count). The van der Waals surface area contributed by atoms with Gasteiger partial charge >= 0.3 is 17.9 Å². The van der Waals surface area contributed by atoms with Crippen molar-refractivity contribution in [1.82, 2.24) is 5.32 Å². The molecule has 0 aromatic rings. The molecule has 0 unspecified atom stereocenters. The summed E-state index contributed by atoms with van der Waals surface area (Å²) in [7, 11) is 0. The highest BCUT2D eigenvalue weighted by molar-refractivity contribution is 5.88. The van der Waals surface area contributed by atoms with E-state index < -0.39 is 36.4 Å². The standard InChI is InChI=1S/C6H7NO.C6H8O7/c8-6-2-1-4-7-5-3-6;7-3(8)1-6(13,5(11)12)2-4(9)10/h1-5,7-8H;13H,1-2H2,(H,7,8)(H,9,10)(H,11,12). The van der Waals surface area contributed by atoms with Gasteiger partial charge in [-0.1, -0.05) is 0 Å². The highest BCUT2D eigenvalue weighted by Crippen LogP contribution is 2.15. The summed E-state index contributed by atoms with van der Waals surface area (Å²) < 4.78 is 0. The summed E-state index contributed by atoms with van der Waals surface area (Å²) in [5.41, 5.74) is -2.74. The van der Waals surface area contributed by atoms with Gasteiger partial charge in [-0.2, -0.15) is 0 Å². The molecule has 9 nitrogen and oxygen atoms in total. The van der Waals surface area contributed by atoms with Gasteiger partial charge in [-0.15, -0.1) is 0 Å². The van der Waals surface area contributed by atoms with Crippen molar-refractivity contribution in [3.8, 4) is 0 Å². The van der Waals surface area contributed by atoms with Crippen molar-refractivity contribution in [2.75, 3.05) is 0 Å². The summed E-state index contributed by atoms with van der Waals surface area (Å²) in [6, 6.07) is 0. The molecule has 0 amide bonds. The van der Waals surface area contributed by atoms with Crippen LogP contribution < -0.4 is 5.32 Å². The molecule has 0 aromatic carbocycles. The molecule has 0 fully saturated rings. The topological polar surface area (TPSA) is 164 Å². The van der Waals surface area contributed by atoms with E-state index in [1.54, 1.807) is 30.6 Å². The van der Waals surface area contributed by atoms with Gasteiger partial charge in [0, 0.05) is 12.4 Å². The van der Waals surface area contributed by atoms with Crippen LogP contribution in [0.3, 0.4) is 0 Å². The normalized spacial score (nSPS) is 13.1. The smallest absolute Gasteiger partial charge is 0.336 e. The van der Waals surface area contributed by atoms with Crippen LogP contribution in [0.4, 0.5) is 0 Å². The zero-order valence-corrected chi connectivity index (χ0v) is 10.8. The number of nitrogens with one attached hydrogen (secondary N) is 1. The van der Waals surface area contributed by atoms with E-state index in [1.165, 1.54) is 0 Å². The van der Waals surface area contributed by atoms with Gasteiger partial charge in [-0.05, 0) is 18.2 Å². The third kappa shape index (κ3) is 8.06. The van der Waals surface area contributed by atoms with Gasteiger partial charge in [0.2, 0.25) is 0 Å². The second-order valence-corrected chi connectivity index (χ2v) is 3.93. The Morgan fingerprint density at radius 2 is 1.57 bits per heavy atom. The SMILES string of the molecule is O=C(O)CC(O)(CC(=O)O)C(=O)O.OC1=CC=CNC=C1. The number of allylic oxidation sites excluding steroid dienone is 3. The Morgan fingerprint density at radius 1 is 1.05 bits per heavy atom. The molecule has 21 heavy (non-hydrogen) atoms. The first-order valence-corrected chi connectivity index (χ1v) is 5.55. The predicted octanol–water partition coefficient (Wildman–Crippen LogP) is -0.190. The van der Waals surface area contributed by atoms with Crippen LogP contribution in [0.5, 0.6) is 0 Å². The zero-order valence-electron chi connectivity index (χ0n) is 10.8. The van der Waals surface area contributed by atoms with Crippen molar-refractivity contribution in [3.05, 3.63) is 36.4 Å². The van der Waals surface area contributed by atoms with Crippen LogP contribution in [0.2, 0.25) is 0 Å². The minimum Gasteiger partial charge on any atom is -0.508 e. The van der Waals surface area contributed by atoms with E-state index in [2.05, 4.69) is 5.32 Å². The lowest BCUT2D eigenvalue weighted by Crippen LogP contribution is -2.42. The van der Waals surface area contributed by atoms with Crippen molar-refractivity contribution in [2.24, 2.45) is 0 Å². The maximum Gasteiger partial charge on any atom is 0.336 e. The Balaban J connectivity index is 0.000000423. The molecule has 0 saturated carbocycles. The number of aliphatic hydroxyl groups is 2. The quantitative estimate of drug-likeness (QED) is 0.403. The fourth-order valence-corrected chi connectivity index (χ4v) is 1.16. The zero-order chi connectivity index (χ0) is 16.5. The maximum atomic E-state index is 10.3.